The van der Waals surface area contributed by atoms with Gasteiger partial charge in [0.15, 0.2) is 5.78 Å². The Balaban J connectivity index is 3.34. The molecule has 1 rings (SSSR count). The lowest BCUT2D eigenvalue weighted by molar-refractivity contribution is -0.132. The summed E-state index contributed by atoms with van der Waals surface area (Å²) in [6.45, 7) is 12.1. The predicted octanol–water partition coefficient (Wildman–Crippen LogP) is 3.84. The minimum Gasteiger partial charge on any atom is -0.432 e. The fourth-order valence-electron chi connectivity index (χ4n) is 3.96. The molecule has 6 nitrogen and oxygen atoms in total. The van der Waals surface area contributed by atoms with Crippen molar-refractivity contribution in [3.05, 3.63) is 47.8 Å². The third-order valence-electron chi connectivity index (χ3n) is 5.82. The monoisotopic (exact) mass is 432 g/mol. The molecule has 0 unspecified atom stereocenters. The first-order chi connectivity index (χ1) is 14.4. The third kappa shape index (κ3) is 8.04. The SMILES string of the molecule is C=C(C)[C@H](O)CC[C@@]1(C)CC=C(CO)C(=O)[C@H](CC(C)=O)[C@@H]1/C=C/OC(=O)C=C(C)C. The van der Waals surface area contributed by atoms with Gasteiger partial charge >= 0.3 is 5.97 Å². The number of rotatable bonds is 10. The van der Waals surface area contributed by atoms with Gasteiger partial charge in [-0.05, 0) is 64.4 Å². The van der Waals surface area contributed by atoms with Crippen LogP contribution in [0.2, 0.25) is 0 Å². The predicted molar refractivity (Wildman–Crippen MR) is 120 cm³/mol. The van der Waals surface area contributed by atoms with Gasteiger partial charge in [0.25, 0.3) is 0 Å². The Morgan fingerprint density at radius 3 is 2.48 bits per heavy atom. The van der Waals surface area contributed by atoms with Crippen LogP contribution in [0.4, 0.5) is 0 Å². The molecule has 2 N–H and O–H groups in total. The largest absolute Gasteiger partial charge is 0.432 e. The van der Waals surface area contributed by atoms with Gasteiger partial charge in [-0.15, -0.1) is 0 Å². The van der Waals surface area contributed by atoms with Gasteiger partial charge in [0.05, 0.1) is 19.0 Å². The number of carbonyl (C=O) groups is 3. The van der Waals surface area contributed by atoms with E-state index < -0.39 is 35.9 Å². The molecule has 0 amide bonds. The van der Waals surface area contributed by atoms with Crippen LogP contribution in [0.5, 0.6) is 0 Å². The second-order valence-corrected chi connectivity index (χ2v) is 9.04. The summed E-state index contributed by atoms with van der Waals surface area (Å²) < 4.78 is 5.17. The molecular weight excluding hydrogens is 396 g/mol. The van der Waals surface area contributed by atoms with E-state index in [-0.39, 0.29) is 23.6 Å². The van der Waals surface area contributed by atoms with Crippen LogP contribution < -0.4 is 0 Å². The number of allylic oxidation sites excluding steroid dienone is 3. The number of ether oxygens (including phenoxy) is 1. The molecule has 1 aliphatic rings. The Hall–Kier alpha value is -2.31. The maximum Gasteiger partial charge on any atom is 0.335 e. The van der Waals surface area contributed by atoms with Gasteiger partial charge in [0.1, 0.15) is 5.78 Å². The number of carbonyl (C=O) groups excluding carboxylic acids is 3. The molecule has 0 aliphatic heterocycles. The molecule has 1 aliphatic carbocycles. The molecule has 6 heteroatoms. The second-order valence-electron chi connectivity index (χ2n) is 9.04. The Morgan fingerprint density at radius 1 is 1.32 bits per heavy atom. The van der Waals surface area contributed by atoms with Gasteiger partial charge in [-0.2, -0.15) is 0 Å². The zero-order chi connectivity index (χ0) is 23.8. The molecule has 0 aromatic carbocycles. The van der Waals surface area contributed by atoms with Crippen LogP contribution in [0, 0.1) is 17.3 Å². The highest BCUT2D eigenvalue weighted by Gasteiger charge is 2.43. The van der Waals surface area contributed by atoms with Crippen molar-refractivity contribution < 1.29 is 29.3 Å². The topological polar surface area (TPSA) is 101 Å². The van der Waals surface area contributed by atoms with Gasteiger partial charge < -0.3 is 19.7 Å². The van der Waals surface area contributed by atoms with Gasteiger partial charge in [0.2, 0.25) is 0 Å². The van der Waals surface area contributed by atoms with E-state index in [0.717, 1.165) is 5.57 Å². The highest BCUT2D eigenvalue weighted by Crippen LogP contribution is 2.46. The van der Waals surface area contributed by atoms with E-state index in [1.807, 2.05) is 6.92 Å². The van der Waals surface area contributed by atoms with Crippen LogP contribution in [-0.4, -0.2) is 40.5 Å². The highest BCUT2D eigenvalue weighted by molar-refractivity contribution is 6.00. The Morgan fingerprint density at radius 2 is 1.97 bits per heavy atom. The summed E-state index contributed by atoms with van der Waals surface area (Å²) >= 11 is 0. The third-order valence-corrected chi connectivity index (χ3v) is 5.82. The van der Waals surface area contributed by atoms with E-state index in [0.29, 0.717) is 24.8 Å². The Bertz CT molecular complexity index is 784. The summed E-state index contributed by atoms with van der Waals surface area (Å²) in [5, 5.41) is 20.0. The number of hydrogen-bond donors (Lipinski definition) is 2. The van der Waals surface area contributed by atoms with Crippen molar-refractivity contribution in [3.63, 3.8) is 0 Å². The standard InChI is InChI=1S/C25H36O6/c1-16(2)13-23(29)31-12-9-21-20(14-18(5)27)24(30)19(15-26)7-10-25(21,6)11-8-22(28)17(3)4/h7,9,12-13,20-22,26,28H,3,8,10-11,14-15H2,1-2,4-6H3/b12-9+/t20-,21+,22-,25-/m1/s1. The zero-order valence-electron chi connectivity index (χ0n) is 19.3. The smallest absolute Gasteiger partial charge is 0.335 e. The molecule has 0 heterocycles. The lowest BCUT2D eigenvalue weighted by atomic mass is 9.65. The minimum absolute atomic E-state index is 0.0196. The average molecular weight is 433 g/mol. The van der Waals surface area contributed by atoms with E-state index in [9.17, 15) is 24.6 Å². The van der Waals surface area contributed by atoms with Gasteiger partial charge in [0, 0.05) is 24.0 Å². The van der Waals surface area contributed by atoms with Crippen molar-refractivity contribution in [2.24, 2.45) is 17.3 Å². The molecule has 0 fully saturated rings. The van der Waals surface area contributed by atoms with Crippen molar-refractivity contribution >= 4 is 17.5 Å². The lowest BCUT2D eigenvalue weighted by Crippen LogP contribution is -2.36. The molecule has 4 atom stereocenters. The maximum absolute atomic E-state index is 13.1. The van der Waals surface area contributed by atoms with E-state index in [4.69, 9.17) is 4.74 Å². The number of aliphatic hydroxyl groups is 2. The van der Waals surface area contributed by atoms with Gasteiger partial charge in [-0.1, -0.05) is 30.7 Å². The molecule has 0 bridgehead atoms. The highest BCUT2D eigenvalue weighted by atomic mass is 16.5. The summed E-state index contributed by atoms with van der Waals surface area (Å²) in [4.78, 5) is 37.0. The summed E-state index contributed by atoms with van der Waals surface area (Å²) in [5.74, 6) is -2.05. The molecule has 0 saturated heterocycles. The average Bonchev–Trinajstić information content (AvgIpc) is 2.75. The van der Waals surface area contributed by atoms with Crippen LogP contribution in [0.25, 0.3) is 0 Å². The van der Waals surface area contributed by atoms with E-state index >= 15 is 0 Å². The molecule has 0 aromatic rings. The maximum atomic E-state index is 13.1. The summed E-state index contributed by atoms with van der Waals surface area (Å²) in [7, 11) is 0. The number of Topliss-reactive ketones (excluding diaryl/α,β-unsaturated/α-hetero) is 2. The summed E-state index contributed by atoms with van der Waals surface area (Å²) in [5.41, 5.74) is 1.23. The second kappa shape index (κ2) is 11.9. The van der Waals surface area contributed by atoms with Gasteiger partial charge in [-0.3, -0.25) is 4.79 Å². The van der Waals surface area contributed by atoms with E-state index in [1.165, 1.54) is 19.3 Å². The van der Waals surface area contributed by atoms with Crippen molar-refractivity contribution in [2.75, 3.05) is 6.61 Å². The fourth-order valence-corrected chi connectivity index (χ4v) is 3.96. The van der Waals surface area contributed by atoms with Crippen LogP contribution >= 0.6 is 0 Å². The van der Waals surface area contributed by atoms with E-state index in [2.05, 4.69) is 6.58 Å². The number of hydrogen-bond acceptors (Lipinski definition) is 6. The molecule has 0 aromatic heterocycles. The zero-order valence-corrected chi connectivity index (χ0v) is 19.3. The minimum atomic E-state index is -0.691. The quantitative estimate of drug-likeness (QED) is 0.235. The molecule has 31 heavy (non-hydrogen) atoms. The van der Waals surface area contributed by atoms with Gasteiger partial charge in [-0.25, -0.2) is 4.79 Å². The number of ketones is 2. The molecular formula is C25H36O6. The summed E-state index contributed by atoms with van der Waals surface area (Å²) in [6, 6.07) is 0. The molecule has 172 valence electrons. The molecule has 0 spiro atoms. The first-order valence-corrected chi connectivity index (χ1v) is 10.6. The van der Waals surface area contributed by atoms with Crippen molar-refractivity contribution in [1.29, 1.82) is 0 Å². The van der Waals surface area contributed by atoms with Crippen molar-refractivity contribution in [2.45, 2.75) is 66.4 Å². The first kappa shape index (κ1) is 26.7. The van der Waals surface area contributed by atoms with E-state index in [1.54, 1.807) is 32.9 Å². The molecule has 0 saturated carbocycles. The fraction of sp³-hybridized carbons (Fsp3) is 0.560. The van der Waals surface area contributed by atoms with Crippen LogP contribution in [0.15, 0.2) is 47.8 Å². The number of esters is 1. The first-order valence-electron chi connectivity index (χ1n) is 10.6. The molecule has 0 radical (unpaired) electrons. The van der Waals surface area contributed by atoms with Crippen LogP contribution in [-0.2, 0) is 19.1 Å². The lowest BCUT2D eigenvalue weighted by Gasteiger charge is -2.38. The van der Waals surface area contributed by atoms with Crippen LogP contribution in [0.3, 0.4) is 0 Å². The van der Waals surface area contributed by atoms with Crippen LogP contribution in [0.1, 0.15) is 60.3 Å². The normalized spacial score (nSPS) is 24.9. The summed E-state index contributed by atoms with van der Waals surface area (Å²) in [6.07, 6.45) is 6.85. The van der Waals surface area contributed by atoms with Crippen molar-refractivity contribution in [1.82, 2.24) is 0 Å². The Labute approximate surface area is 185 Å². The number of aliphatic hydroxyl groups excluding tert-OH is 2. The Kier molecular flexibility index (Phi) is 10.3. The van der Waals surface area contributed by atoms with Crippen molar-refractivity contribution in [3.8, 4) is 0 Å².